The molecule has 0 fully saturated rings. The molecule has 5 nitrogen and oxygen atoms in total. The number of rotatable bonds is 6. The number of aromatic nitrogens is 2. The number of hydrogen-bond acceptors (Lipinski definition) is 3. The second-order valence-corrected chi connectivity index (χ2v) is 8.95. The third kappa shape index (κ3) is 3.74. The maximum atomic E-state index is 13.8. The zero-order chi connectivity index (χ0) is 26.1. The van der Waals surface area contributed by atoms with Crippen LogP contribution in [-0.2, 0) is 5.54 Å². The SMILES string of the molecule is O=[N+]([O-])c1ccc2c(c1)c(-c1c[c]c(F)cc1)nn2C(c1ccccc1)(c1ccccc1)c1ccccc1. The molecule has 1 aromatic heterocycles. The van der Waals surface area contributed by atoms with E-state index in [2.05, 4.69) is 42.5 Å². The molecule has 6 aromatic rings. The van der Waals surface area contributed by atoms with Crippen molar-refractivity contribution in [2.24, 2.45) is 0 Å². The molecule has 38 heavy (non-hydrogen) atoms. The van der Waals surface area contributed by atoms with E-state index in [1.807, 2.05) is 59.3 Å². The summed E-state index contributed by atoms with van der Waals surface area (Å²) in [5, 5.41) is 17.5. The monoisotopic (exact) mass is 498 g/mol. The summed E-state index contributed by atoms with van der Waals surface area (Å²) in [6, 6.07) is 42.0. The molecule has 0 aliphatic rings. The summed E-state index contributed by atoms with van der Waals surface area (Å²) in [7, 11) is 0. The van der Waals surface area contributed by atoms with Crippen molar-refractivity contribution in [2.75, 3.05) is 0 Å². The summed E-state index contributed by atoms with van der Waals surface area (Å²) >= 11 is 0. The van der Waals surface area contributed by atoms with Crippen LogP contribution in [0, 0.1) is 22.0 Å². The summed E-state index contributed by atoms with van der Waals surface area (Å²) < 4.78 is 15.7. The van der Waals surface area contributed by atoms with E-state index < -0.39 is 16.3 Å². The van der Waals surface area contributed by atoms with E-state index in [1.165, 1.54) is 24.3 Å². The molecule has 0 aliphatic heterocycles. The van der Waals surface area contributed by atoms with Crippen molar-refractivity contribution in [2.45, 2.75) is 5.54 Å². The van der Waals surface area contributed by atoms with Crippen LogP contribution >= 0.6 is 0 Å². The minimum atomic E-state index is -0.917. The van der Waals surface area contributed by atoms with E-state index in [9.17, 15) is 14.5 Å². The first kappa shape index (κ1) is 23.3. The molecule has 0 aliphatic carbocycles. The molecule has 1 radical (unpaired) electrons. The molecule has 0 spiro atoms. The first-order chi connectivity index (χ1) is 18.6. The molecule has 1 heterocycles. The summed E-state index contributed by atoms with van der Waals surface area (Å²) in [6.07, 6.45) is 0. The molecular weight excluding hydrogens is 477 g/mol. The molecule has 6 rings (SSSR count). The topological polar surface area (TPSA) is 61.0 Å². The molecule has 0 atom stereocenters. The van der Waals surface area contributed by atoms with Crippen LogP contribution in [0.15, 0.2) is 127 Å². The van der Waals surface area contributed by atoms with Crippen molar-refractivity contribution in [1.82, 2.24) is 9.78 Å². The third-order valence-corrected chi connectivity index (χ3v) is 6.81. The molecule has 0 saturated carbocycles. The van der Waals surface area contributed by atoms with Crippen LogP contribution in [0.4, 0.5) is 10.1 Å². The maximum absolute atomic E-state index is 13.8. The average Bonchev–Trinajstić information content (AvgIpc) is 3.35. The van der Waals surface area contributed by atoms with Gasteiger partial charge in [0.15, 0.2) is 0 Å². The highest BCUT2D eigenvalue weighted by Gasteiger charge is 2.41. The fourth-order valence-corrected chi connectivity index (χ4v) is 5.15. The van der Waals surface area contributed by atoms with Crippen molar-refractivity contribution in [3.63, 3.8) is 0 Å². The number of fused-ring (bicyclic) bond motifs is 1. The van der Waals surface area contributed by atoms with Gasteiger partial charge in [-0.1, -0.05) is 91.0 Å². The van der Waals surface area contributed by atoms with Gasteiger partial charge in [0.05, 0.1) is 10.4 Å². The van der Waals surface area contributed by atoms with E-state index in [-0.39, 0.29) is 5.69 Å². The number of hydrogen-bond donors (Lipinski definition) is 0. The molecule has 0 saturated heterocycles. The Kier molecular flexibility index (Phi) is 5.77. The second-order valence-electron chi connectivity index (χ2n) is 8.95. The predicted octanol–water partition coefficient (Wildman–Crippen LogP) is 7.39. The van der Waals surface area contributed by atoms with Gasteiger partial charge < -0.3 is 0 Å². The van der Waals surface area contributed by atoms with Gasteiger partial charge >= 0.3 is 0 Å². The minimum absolute atomic E-state index is 0.0471. The highest BCUT2D eigenvalue weighted by molar-refractivity contribution is 5.95. The molecule has 6 heteroatoms. The van der Waals surface area contributed by atoms with Crippen molar-refractivity contribution < 1.29 is 9.31 Å². The van der Waals surface area contributed by atoms with Gasteiger partial charge in [-0.3, -0.25) is 10.1 Å². The number of nitrogens with zero attached hydrogens (tertiary/aromatic N) is 3. The smallest absolute Gasteiger partial charge is 0.258 e. The number of nitro benzene ring substituents is 1. The number of halogens is 1. The fourth-order valence-electron chi connectivity index (χ4n) is 5.15. The Morgan fingerprint density at radius 1 is 0.763 bits per heavy atom. The van der Waals surface area contributed by atoms with Crippen LogP contribution in [0.25, 0.3) is 22.2 Å². The van der Waals surface area contributed by atoms with Gasteiger partial charge in [-0.25, -0.2) is 9.07 Å². The Bertz CT molecular complexity index is 1640. The summed E-state index contributed by atoms with van der Waals surface area (Å²) in [5.74, 6) is -0.490. The predicted molar refractivity (Wildman–Crippen MR) is 145 cm³/mol. The van der Waals surface area contributed by atoms with Gasteiger partial charge in [0.2, 0.25) is 0 Å². The quantitative estimate of drug-likeness (QED) is 0.137. The zero-order valence-corrected chi connectivity index (χ0v) is 20.2. The zero-order valence-electron chi connectivity index (χ0n) is 20.2. The Morgan fingerprint density at radius 3 is 1.79 bits per heavy atom. The largest absolute Gasteiger partial charge is 0.270 e. The van der Waals surface area contributed by atoms with Crippen molar-refractivity contribution in [1.29, 1.82) is 0 Å². The Labute approximate surface area is 218 Å². The van der Waals surface area contributed by atoms with Crippen molar-refractivity contribution in [3.8, 4) is 11.3 Å². The van der Waals surface area contributed by atoms with Crippen LogP contribution in [0.5, 0.6) is 0 Å². The Balaban J connectivity index is 1.79. The van der Waals surface area contributed by atoms with Gasteiger partial charge in [0, 0.05) is 29.1 Å². The van der Waals surface area contributed by atoms with E-state index >= 15 is 0 Å². The van der Waals surface area contributed by atoms with E-state index in [0.717, 1.165) is 16.7 Å². The molecule has 0 unspecified atom stereocenters. The van der Waals surface area contributed by atoms with E-state index in [0.29, 0.717) is 22.2 Å². The number of nitro groups is 1. The van der Waals surface area contributed by atoms with Gasteiger partial charge in [0.25, 0.3) is 5.69 Å². The van der Waals surface area contributed by atoms with Gasteiger partial charge in [0.1, 0.15) is 17.1 Å². The first-order valence-corrected chi connectivity index (χ1v) is 12.1. The second kappa shape index (κ2) is 9.41. The molecule has 0 N–H and O–H groups in total. The lowest BCUT2D eigenvalue weighted by molar-refractivity contribution is -0.384. The van der Waals surface area contributed by atoms with Crippen molar-refractivity contribution >= 4 is 16.6 Å². The highest BCUT2D eigenvalue weighted by atomic mass is 19.1. The number of benzene rings is 5. The lowest BCUT2D eigenvalue weighted by Crippen LogP contribution is -2.38. The standard InChI is InChI=1S/C32H21FN3O2/c33-27-18-16-23(17-19-27)31-29-22-28(36(37)38)20-21-30(29)35(34-31)32(24-10-4-1-5-11-24,25-12-6-2-7-13-25)26-14-8-3-9-15-26/h1-18,20-22H. The molecule has 0 amide bonds. The third-order valence-electron chi connectivity index (χ3n) is 6.81. The van der Waals surface area contributed by atoms with Crippen LogP contribution in [-0.4, -0.2) is 14.7 Å². The molecule has 5 aromatic carbocycles. The summed E-state index contributed by atoms with van der Waals surface area (Å²) in [4.78, 5) is 11.3. The van der Waals surface area contributed by atoms with Crippen LogP contribution in [0.3, 0.4) is 0 Å². The Morgan fingerprint density at radius 2 is 1.32 bits per heavy atom. The van der Waals surface area contributed by atoms with Gasteiger partial charge in [-0.15, -0.1) is 0 Å². The normalized spacial score (nSPS) is 11.5. The molecular formula is C32H21FN3O2. The Hall–Kier alpha value is -5.10. The van der Waals surface area contributed by atoms with Crippen molar-refractivity contribution in [3.05, 3.63) is 166 Å². The first-order valence-electron chi connectivity index (χ1n) is 12.1. The van der Waals surface area contributed by atoms with E-state index in [1.54, 1.807) is 12.1 Å². The highest BCUT2D eigenvalue weighted by Crippen LogP contribution is 2.44. The van der Waals surface area contributed by atoms with Crippen LogP contribution < -0.4 is 0 Å². The van der Waals surface area contributed by atoms with Crippen LogP contribution in [0.2, 0.25) is 0 Å². The lowest BCUT2D eigenvalue weighted by Gasteiger charge is -2.37. The summed E-state index contributed by atoms with van der Waals surface area (Å²) in [6.45, 7) is 0. The summed E-state index contributed by atoms with van der Waals surface area (Å²) in [5.41, 5.74) is 3.76. The molecule has 0 bridgehead atoms. The number of non-ortho nitro benzene ring substituents is 1. The van der Waals surface area contributed by atoms with Gasteiger partial charge in [-0.2, -0.15) is 5.10 Å². The molecule has 183 valence electrons. The average molecular weight is 499 g/mol. The van der Waals surface area contributed by atoms with Crippen LogP contribution in [0.1, 0.15) is 16.7 Å². The van der Waals surface area contributed by atoms with Gasteiger partial charge in [-0.05, 0) is 41.0 Å². The minimum Gasteiger partial charge on any atom is -0.258 e. The van der Waals surface area contributed by atoms with E-state index in [4.69, 9.17) is 5.10 Å². The fraction of sp³-hybridized carbons (Fsp3) is 0.0312. The maximum Gasteiger partial charge on any atom is 0.270 e. The lowest BCUT2D eigenvalue weighted by atomic mass is 9.77.